The minimum absolute atomic E-state index is 0.141. The molecule has 1 aliphatic rings. The molecule has 84 valence electrons. The molecule has 0 saturated heterocycles. The molecule has 1 aliphatic carbocycles. The van der Waals surface area contributed by atoms with Gasteiger partial charge in [-0.05, 0) is 53.5 Å². The molecule has 1 atom stereocenters. The molecule has 1 aromatic heterocycles. The Balaban J connectivity index is 2.08. The molecule has 1 nitrogen and oxygen atoms in total. The molecule has 15 heavy (non-hydrogen) atoms. The van der Waals surface area contributed by atoms with Gasteiger partial charge in [0.2, 0.25) is 0 Å². The Morgan fingerprint density at radius 2 is 2.40 bits per heavy atom. The van der Waals surface area contributed by atoms with Crippen molar-refractivity contribution in [2.24, 2.45) is 0 Å². The topological polar surface area (TPSA) is 12.0 Å². The summed E-state index contributed by atoms with van der Waals surface area (Å²) in [6.45, 7) is -0.198. The fourth-order valence-corrected chi connectivity index (χ4v) is 4.08. The van der Waals surface area contributed by atoms with E-state index in [4.69, 9.17) is 0 Å². The van der Waals surface area contributed by atoms with Gasteiger partial charge in [-0.2, -0.15) is 0 Å². The van der Waals surface area contributed by atoms with Gasteiger partial charge >= 0.3 is 0 Å². The molecule has 0 spiro atoms. The van der Waals surface area contributed by atoms with Gasteiger partial charge in [-0.3, -0.25) is 0 Å². The van der Waals surface area contributed by atoms with E-state index < -0.39 is 6.43 Å². The summed E-state index contributed by atoms with van der Waals surface area (Å²) in [4.78, 5) is 1.37. The van der Waals surface area contributed by atoms with Gasteiger partial charge in [0.05, 0.1) is 9.43 Å². The Morgan fingerprint density at radius 1 is 1.60 bits per heavy atom. The lowest BCUT2D eigenvalue weighted by Crippen LogP contribution is -2.28. The summed E-state index contributed by atoms with van der Waals surface area (Å²) in [6.07, 6.45) is 0.931. The fourth-order valence-electron chi connectivity index (χ4n) is 1.96. The van der Waals surface area contributed by atoms with Crippen LogP contribution in [0.15, 0.2) is 6.07 Å². The second kappa shape index (κ2) is 5.05. The molecular weight excluding hydrogens is 331 g/mol. The monoisotopic (exact) mass is 343 g/mol. The van der Waals surface area contributed by atoms with Crippen molar-refractivity contribution in [3.63, 3.8) is 0 Å². The first kappa shape index (κ1) is 11.7. The van der Waals surface area contributed by atoms with E-state index in [0.717, 1.165) is 19.3 Å². The van der Waals surface area contributed by atoms with Crippen molar-refractivity contribution in [2.45, 2.75) is 31.7 Å². The fraction of sp³-hybridized carbons (Fsp3) is 0.600. The van der Waals surface area contributed by atoms with Gasteiger partial charge in [0.15, 0.2) is 0 Å². The van der Waals surface area contributed by atoms with Crippen LogP contribution in [0.1, 0.15) is 29.3 Å². The summed E-state index contributed by atoms with van der Waals surface area (Å²) in [5.74, 6) is 0. The van der Waals surface area contributed by atoms with Crippen LogP contribution in [0.4, 0.5) is 8.78 Å². The first-order valence-electron chi connectivity index (χ1n) is 4.96. The minimum Gasteiger partial charge on any atom is -0.304 e. The SMILES string of the molecule is FC(F)CNC1CCCc2sc(I)cc21. The molecule has 2 rings (SSSR count). The second-order valence-corrected chi connectivity index (χ2v) is 6.70. The Labute approximate surface area is 105 Å². The lowest BCUT2D eigenvalue weighted by Gasteiger charge is -2.23. The quantitative estimate of drug-likeness (QED) is 0.828. The highest BCUT2D eigenvalue weighted by atomic mass is 127. The zero-order valence-corrected chi connectivity index (χ0v) is 11.1. The van der Waals surface area contributed by atoms with E-state index in [-0.39, 0.29) is 12.6 Å². The van der Waals surface area contributed by atoms with Crippen molar-refractivity contribution < 1.29 is 8.78 Å². The summed E-state index contributed by atoms with van der Waals surface area (Å²) >= 11 is 4.08. The van der Waals surface area contributed by atoms with Crippen LogP contribution >= 0.6 is 33.9 Å². The van der Waals surface area contributed by atoms with Crippen LogP contribution in [-0.4, -0.2) is 13.0 Å². The highest BCUT2D eigenvalue weighted by molar-refractivity contribution is 14.1. The van der Waals surface area contributed by atoms with Gasteiger partial charge in [-0.1, -0.05) is 0 Å². The molecule has 0 aromatic carbocycles. The Hall–Kier alpha value is 0.250. The summed E-state index contributed by atoms with van der Waals surface area (Å²) in [7, 11) is 0. The van der Waals surface area contributed by atoms with E-state index in [0.29, 0.717) is 0 Å². The van der Waals surface area contributed by atoms with Crippen LogP contribution in [0.3, 0.4) is 0 Å². The summed E-state index contributed by atoms with van der Waals surface area (Å²) < 4.78 is 25.5. The normalized spacial score (nSPS) is 20.7. The number of hydrogen-bond donors (Lipinski definition) is 1. The number of nitrogens with one attached hydrogen (secondary N) is 1. The van der Waals surface area contributed by atoms with Gasteiger partial charge in [0.25, 0.3) is 6.43 Å². The van der Waals surface area contributed by atoms with Gasteiger partial charge < -0.3 is 5.32 Å². The molecule has 1 aromatic rings. The van der Waals surface area contributed by atoms with Crippen LogP contribution < -0.4 is 5.32 Å². The van der Waals surface area contributed by atoms with Gasteiger partial charge in [0.1, 0.15) is 0 Å². The number of halogens is 3. The number of rotatable bonds is 3. The minimum atomic E-state index is -2.26. The lowest BCUT2D eigenvalue weighted by atomic mass is 9.94. The molecule has 0 amide bonds. The number of alkyl halides is 2. The van der Waals surface area contributed by atoms with Crippen molar-refractivity contribution in [2.75, 3.05) is 6.54 Å². The Morgan fingerprint density at radius 3 is 3.13 bits per heavy atom. The molecule has 0 saturated carbocycles. The third-order valence-corrected chi connectivity index (χ3v) is 4.57. The van der Waals surface area contributed by atoms with Gasteiger partial charge in [-0.15, -0.1) is 11.3 Å². The lowest BCUT2D eigenvalue weighted by molar-refractivity contribution is 0.140. The van der Waals surface area contributed by atoms with E-state index in [2.05, 4.69) is 34.0 Å². The standard InChI is InChI=1S/C10H12F2INS/c11-9(12)5-14-7-2-1-3-8-6(7)4-10(13)15-8/h4,7,9,14H,1-3,5H2. The molecular formula is C10H12F2INS. The largest absolute Gasteiger partial charge is 0.304 e. The second-order valence-electron chi connectivity index (χ2n) is 3.67. The first-order chi connectivity index (χ1) is 7.16. The van der Waals surface area contributed by atoms with Crippen LogP contribution in [0.25, 0.3) is 0 Å². The summed E-state index contributed by atoms with van der Waals surface area (Å²) in [5, 5.41) is 2.94. The zero-order valence-electron chi connectivity index (χ0n) is 8.10. The van der Waals surface area contributed by atoms with E-state index >= 15 is 0 Å². The number of fused-ring (bicyclic) bond motifs is 1. The maximum Gasteiger partial charge on any atom is 0.250 e. The predicted octanol–water partition coefficient (Wildman–Crippen LogP) is 3.58. The zero-order chi connectivity index (χ0) is 10.8. The van der Waals surface area contributed by atoms with Crippen molar-refractivity contribution in [3.05, 3.63) is 19.4 Å². The van der Waals surface area contributed by atoms with E-state index in [1.165, 1.54) is 13.3 Å². The van der Waals surface area contributed by atoms with Gasteiger partial charge in [-0.25, -0.2) is 8.78 Å². The van der Waals surface area contributed by atoms with Gasteiger partial charge in [0, 0.05) is 10.9 Å². The van der Waals surface area contributed by atoms with Crippen LogP contribution in [0, 0.1) is 2.88 Å². The molecule has 0 aliphatic heterocycles. The third-order valence-electron chi connectivity index (χ3n) is 2.60. The first-order valence-corrected chi connectivity index (χ1v) is 6.86. The summed E-state index contributed by atoms with van der Waals surface area (Å²) in [6, 6.07) is 2.27. The predicted molar refractivity (Wildman–Crippen MR) is 66.7 cm³/mol. The van der Waals surface area contributed by atoms with E-state index in [9.17, 15) is 8.78 Å². The smallest absolute Gasteiger partial charge is 0.250 e. The molecule has 1 unspecified atom stereocenters. The Kier molecular flexibility index (Phi) is 3.95. The van der Waals surface area contributed by atoms with Crippen LogP contribution in [0.2, 0.25) is 0 Å². The summed E-state index contributed by atoms with van der Waals surface area (Å²) in [5.41, 5.74) is 1.25. The molecule has 0 radical (unpaired) electrons. The number of thiophene rings is 1. The Bertz CT molecular complexity index is 340. The van der Waals surface area contributed by atoms with Crippen molar-refractivity contribution in [1.82, 2.24) is 5.32 Å². The van der Waals surface area contributed by atoms with E-state index in [1.54, 1.807) is 11.3 Å². The molecule has 1 heterocycles. The molecule has 0 bridgehead atoms. The van der Waals surface area contributed by atoms with Crippen molar-refractivity contribution >= 4 is 33.9 Å². The third kappa shape index (κ3) is 2.88. The van der Waals surface area contributed by atoms with Crippen LogP contribution in [-0.2, 0) is 6.42 Å². The highest BCUT2D eigenvalue weighted by Crippen LogP contribution is 2.36. The molecule has 5 heteroatoms. The van der Waals surface area contributed by atoms with Crippen molar-refractivity contribution in [1.29, 1.82) is 0 Å². The average molecular weight is 343 g/mol. The number of hydrogen-bond acceptors (Lipinski definition) is 2. The molecule has 1 N–H and O–H groups in total. The van der Waals surface area contributed by atoms with Crippen molar-refractivity contribution in [3.8, 4) is 0 Å². The maximum absolute atomic E-state index is 12.1. The van der Waals surface area contributed by atoms with E-state index in [1.807, 2.05) is 0 Å². The molecule has 0 fully saturated rings. The highest BCUT2D eigenvalue weighted by Gasteiger charge is 2.22. The van der Waals surface area contributed by atoms with Crippen LogP contribution in [0.5, 0.6) is 0 Å². The average Bonchev–Trinajstić information content (AvgIpc) is 2.55. The maximum atomic E-state index is 12.1. The number of aryl methyl sites for hydroxylation is 1.